The second kappa shape index (κ2) is 7.25. The summed E-state index contributed by atoms with van der Waals surface area (Å²) in [6.07, 6.45) is 4.77. The maximum absolute atomic E-state index is 12.3. The molecule has 2 atom stereocenters. The molecule has 0 radical (unpaired) electrons. The number of nitrogens with zero attached hydrogens (tertiary/aromatic N) is 2. The normalized spacial score (nSPS) is 21.7. The number of benzene rings is 1. The van der Waals surface area contributed by atoms with Gasteiger partial charge in [-0.3, -0.25) is 29.4 Å². The van der Waals surface area contributed by atoms with Gasteiger partial charge in [0.2, 0.25) is 17.7 Å². The van der Waals surface area contributed by atoms with Crippen LogP contribution >= 0.6 is 11.6 Å². The molecule has 26 heavy (non-hydrogen) atoms. The molecule has 1 aromatic rings. The van der Waals surface area contributed by atoms with Gasteiger partial charge in [-0.05, 0) is 18.9 Å². The molecule has 0 spiro atoms. The van der Waals surface area contributed by atoms with E-state index in [9.17, 15) is 24.5 Å². The smallest absolute Gasteiger partial charge is 0.271 e. The van der Waals surface area contributed by atoms with Gasteiger partial charge in [-0.1, -0.05) is 23.8 Å². The van der Waals surface area contributed by atoms with Gasteiger partial charge in [-0.2, -0.15) is 0 Å². The first kappa shape index (κ1) is 18.1. The summed E-state index contributed by atoms with van der Waals surface area (Å²) in [6, 6.07) is 3.71. The summed E-state index contributed by atoms with van der Waals surface area (Å²) in [6.45, 7) is -0.0248. The number of fused-ring (bicyclic) bond motifs is 1. The fourth-order valence-corrected chi connectivity index (χ4v) is 3.40. The zero-order valence-corrected chi connectivity index (χ0v) is 14.4. The number of nitro groups is 1. The van der Waals surface area contributed by atoms with Crippen LogP contribution in [0.1, 0.15) is 19.3 Å². The number of hydrogen-bond donors (Lipinski definition) is 1. The average molecular weight is 378 g/mol. The van der Waals surface area contributed by atoms with E-state index in [2.05, 4.69) is 5.32 Å². The minimum absolute atomic E-state index is 0.0248. The van der Waals surface area contributed by atoms with E-state index in [0.717, 1.165) is 11.0 Å². The number of carbonyl (C=O) groups excluding carboxylic acids is 3. The molecule has 136 valence electrons. The Bertz CT molecular complexity index is 797. The number of halogens is 1. The van der Waals surface area contributed by atoms with Crippen LogP contribution in [0, 0.1) is 22.0 Å². The van der Waals surface area contributed by atoms with Gasteiger partial charge in [0.05, 0.1) is 27.5 Å². The van der Waals surface area contributed by atoms with Gasteiger partial charge in [-0.15, -0.1) is 0 Å². The predicted octanol–water partition coefficient (Wildman–Crippen LogP) is 2.53. The molecular weight excluding hydrogens is 362 g/mol. The summed E-state index contributed by atoms with van der Waals surface area (Å²) < 4.78 is 0. The van der Waals surface area contributed by atoms with Crippen molar-refractivity contribution in [3.63, 3.8) is 0 Å². The van der Waals surface area contributed by atoms with Gasteiger partial charge >= 0.3 is 0 Å². The van der Waals surface area contributed by atoms with Gasteiger partial charge < -0.3 is 5.32 Å². The van der Waals surface area contributed by atoms with E-state index in [4.69, 9.17) is 11.6 Å². The van der Waals surface area contributed by atoms with E-state index < -0.39 is 10.8 Å². The van der Waals surface area contributed by atoms with Gasteiger partial charge in [0.1, 0.15) is 0 Å². The zero-order chi connectivity index (χ0) is 18.8. The first-order chi connectivity index (χ1) is 12.4. The van der Waals surface area contributed by atoms with Crippen LogP contribution in [0.5, 0.6) is 0 Å². The van der Waals surface area contributed by atoms with Crippen molar-refractivity contribution < 1.29 is 19.3 Å². The van der Waals surface area contributed by atoms with Gasteiger partial charge in [0.25, 0.3) is 5.69 Å². The topological polar surface area (TPSA) is 110 Å². The lowest BCUT2D eigenvalue weighted by molar-refractivity contribution is -0.384. The Morgan fingerprint density at radius 1 is 1.23 bits per heavy atom. The molecule has 1 saturated heterocycles. The van der Waals surface area contributed by atoms with Crippen LogP contribution in [-0.4, -0.2) is 34.1 Å². The van der Waals surface area contributed by atoms with E-state index >= 15 is 0 Å². The Hall–Kier alpha value is -2.74. The van der Waals surface area contributed by atoms with E-state index in [1.807, 2.05) is 12.2 Å². The number of allylic oxidation sites excluding steroid dienone is 2. The van der Waals surface area contributed by atoms with Crippen LogP contribution in [0.3, 0.4) is 0 Å². The Morgan fingerprint density at radius 2 is 1.85 bits per heavy atom. The molecule has 0 aromatic heterocycles. The van der Waals surface area contributed by atoms with Crippen LogP contribution in [-0.2, 0) is 14.4 Å². The summed E-state index contributed by atoms with van der Waals surface area (Å²) in [5, 5.41) is 13.5. The number of non-ortho nitro benzene ring substituents is 1. The summed E-state index contributed by atoms with van der Waals surface area (Å²) in [5.41, 5.74) is -0.0889. The fraction of sp³-hybridized carbons (Fsp3) is 0.353. The van der Waals surface area contributed by atoms with Crippen LogP contribution in [0.2, 0.25) is 5.02 Å². The average Bonchev–Trinajstić information content (AvgIpc) is 2.86. The monoisotopic (exact) mass is 377 g/mol. The minimum atomic E-state index is -0.594. The quantitative estimate of drug-likeness (QED) is 0.367. The molecule has 9 heteroatoms. The maximum atomic E-state index is 12.3. The van der Waals surface area contributed by atoms with Crippen LogP contribution in [0.4, 0.5) is 11.4 Å². The van der Waals surface area contributed by atoms with Crippen LogP contribution in [0.25, 0.3) is 0 Å². The number of nitro benzene ring substituents is 1. The van der Waals surface area contributed by atoms with Crippen molar-refractivity contribution in [2.24, 2.45) is 11.8 Å². The predicted molar refractivity (Wildman–Crippen MR) is 93.4 cm³/mol. The molecule has 0 bridgehead atoms. The van der Waals surface area contributed by atoms with Crippen LogP contribution in [0.15, 0.2) is 30.4 Å². The van der Waals surface area contributed by atoms with Crippen molar-refractivity contribution in [2.45, 2.75) is 19.3 Å². The van der Waals surface area contributed by atoms with Crippen LogP contribution < -0.4 is 5.32 Å². The lowest BCUT2D eigenvalue weighted by Crippen LogP contribution is -2.34. The number of hydrogen-bond acceptors (Lipinski definition) is 5. The SMILES string of the molecule is O=C(CCN1C(=O)[C@H]2CC=CC[C@@H]2C1=O)Nc1cc([N+](=O)[O-])ccc1Cl. The molecule has 8 nitrogen and oxygen atoms in total. The molecule has 3 amide bonds. The molecular formula is C17H16ClN3O5. The molecule has 0 saturated carbocycles. The van der Waals surface area contributed by atoms with E-state index in [0.29, 0.717) is 12.8 Å². The largest absolute Gasteiger partial charge is 0.325 e. The lowest BCUT2D eigenvalue weighted by atomic mass is 9.85. The van der Waals surface area contributed by atoms with E-state index in [-0.39, 0.29) is 53.0 Å². The second-order valence-corrected chi connectivity index (χ2v) is 6.61. The third-order valence-corrected chi connectivity index (χ3v) is 4.93. The number of imide groups is 1. The van der Waals surface area contributed by atoms with Crippen molar-refractivity contribution >= 4 is 40.7 Å². The molecule has 3 rings (SSSR count). The second-order valence-electron chi connectivity index (χ2n) is 6.20. The van der Waals surface area contributed by atoms with Gasteiger partial charge in [0, 0.05) is 25.1 Å². The summed E-state index contributed by atoms with van der Waals surface area (Å²) in [7, 11) is 0. The lowest BCUT2D eigenvalue weighted by Gasteiger charge is -2.14. The Labute approximate surface area is 153 Å². The number of anilines is 1. The molecule has 1 aliphatic carbocycles. The highest BCUT2D eigenvalue weighted by Crippen LogP contribution is 2.35. The van der Waals surface area contributed by atoms with Crippen molar-refractivity contribution in [2.75, 3.05) is 11.9 Å². The molecule has 1 aromatic carbocycles. The zero-order valence-electron chi connectivity index (χ0n) is 13.7. The molecule has 1 N–H and O–H groups in total. The Kier molecular flexibility index (Phi) is 5.03. The number of rotatable bonds is 5. The van der Waals surface area contributed by atoms with Crippen molar-refractivity contribution in [1.82, 2.24) is 4.90 Å². The Balaban J connectivity index is 1.61. The highest BCUT2D eigenvalue weighted by atomic mass is 35.5. The fourth-order valence-electron chi connectivity index (χ4n) is 3.24. The summed E-state index contributed by atoms with van der Waals surface area (Å²) >= 11 is 5.94. The van der Waals surface area contributed by atoms with Crippen molar-refractivity contribution in [3.05, 3.63) is 45.5 Å². The third-order valence-electron chi connectivity index (χ3n) is 4.60. The summed E-state index contributed by atoms with van der Waals surface area (Å²) in [5.74, 6) is -1.64. The van der Waals surface area contributed by atoms with Crippen molar-refractivity contribution in [1.29, 1.82) is 0 Å². The minimum Gasteiger partial charge on any atom is -0.325 e. The molecule has 1 fully saturated rings. The molecule has 1 heterocycles. The first-order valence-electron chi connectivity index (χ1n) is 8.12. The number of amides is 3. The van der Waals surface area contributed by atoms with Crippen molar-refractivity contribution in [3.8, 4) is 0 Å². The number of nitrogens with one attached hydrogen (secondary N) is 1. The van der Waals surface area contributed by atoms with E-state index in [1.165, 1.54) is 12.1 Å². The molecule has 0 unspecified atom stereocenters. The third kappa shape index (κ3) is 3.45. The van der Waals surface area contributed by atoms with Gasteiger partial charge in [-0.25, -0.2) is 0 Å². The molecule has 1 aliphatic heterocycles. The standard InChI is InChI=1S/C17H16ClN3O5/c18-13-6-5-10(21(25)26)9-14(13)19-15(22)7-8-20-16(23)11-3-1-2-4-12(11)17(20)24/h1-2,5-6,9,11-12H,3-4,7-8H2,(H,19,22)/t11-,12-/m0/s1. The maximum Gasteiger partial charge on any atom is 0.271 e. The number of carbonyl (C=O) groups is 3. The Morgan fingerprint density at radius 3 is 2.42 bits per heavy atom. The van der Waals surface area contributed by atoms with Gasteiger partial charge in [0.15, 0.2) is 0 Å². The molecule has 2 aliphatic rings. The number of likely N-dealkylation sites (tertiary alicyclic amines) is 1. The highest BCUT2D eigenvalue weighted by molar-refractivity contribution is 6.33. The first-order valence-corrected chi connectivity index (χ1v) is 8.50. The highest BCUT2D eigenvalue weighted by Gasteiger charge is 2.46. The van der Waals surface area contributed by atoms with E-state index in [1.54, 1.807) is 0 Å². The summed E-state index contributed by atoms with van der Waals surface area (Å²) in [4.78, 5) is 48.2.